The maximum atomic E-state index is 13.1. The number of amides is 3. The number of rotatable bonds is 23. The van der Waals surface area contributed by atoms with E-state index in [1.54, 1.807) is 9.80 Å². The number of alkyl carbamates (subject to hydrolysis) is 1. The van der Waals surface area contributed by atoms with E-state index in [9.17, 15) is 19.2 Å². The lowest BCUT2D eigenvalue weighted by molar-refractivity contribution is -0.140. The lowest BCUT2D eigenvalue weighted by Gasteiger charge is -2.25. The van der Waals surface area contributed by atoms with Gasteiger partial charge in [0.2, 0.25) is 0 Å². The number of hydrogen-bond acceptors (Lipinski definition) is 9. The summed E-state index contributed by atoms with van der Waals surface area (Å²) in [6.07, 6.45) is 2.15. The minimum absolute atomic E-state index is 0.151. The molecule has 12 nitrogen and oxygen atoms in total. The Balaban J connectivity index is 1.47. The first-order chi connectivity index (χ1) is 24.9. The van der Waals surface area contributed by atoms with Gasteiger partial charge in [0, 0.05) is 39.1 Å². The van der Waals surface area contributed by atoms with Gasteiger partial charge in [0.1, 0.15) is 19.8 Å². The highest BCUT2D eigenvalue weighted by Crippen LogP contribution is 2.09. The summed E-state index contributed by atoms with van der Waals surface area (Å²) in [6, 6.07) is 28.4. The Bertz CT molecular complexity index is 1410. The molecule has 0 aliphatic carbocycles. The molecule has 0 aliphatic rings. The maximum absolute atomic E-state index is 13.1. The summed E-state index contributed by atoms with van der Waals surface area (Å²) in [4.78, 5) is 53.1. The van der Waals surface area contributed by atoms with E-state index in [-0.39, 0.29) is 25.8 Å². The number of benzene rings is 3. The van der Waals surface area contributed by atoms with Crippen molar-refractivity contribution in [3.63, 3.8) is 0 Å². The number of esters is 1. The lowest BCUT2D eigenvalue weighted by Crippen LogP contribution is -2.37. The van der Waals surface area contributed by atoms with Gasteiger partial charge in [-0.1, -0.05) is 91.0 Å². The van der Waals surface area contributed by atoms with Crippen LogP contribution in [0.25, 0.3) is 0 Å². The molecule has 3 rings (SSSR count). The fourth-order valence-corrected chi connectivity index (χ4v) is 5.03. The van der Waals surface area contributed by atoms with Gasteiger partial charge in [-0.15, -0.1) is 0 Å². The zero-order valence-electron chi connectivity index (χ0n) is 29.6. The number of methoxy groups -OCH3 is 1. The molecule has 0 saturated carbocycles. The second-order valence-corrected chi connectivity index (χ2v) is 11.9. The van der Waals surface area contributed by atoms with Crippen molar-refractivity contribution in [3.8, 4) is 0 Å². The first-order valence-electron chi connectivity index (χ1n) is 17.6. The molecule has 0 atom stereocenters. The largest absolute Gasteiger partial charge is 0.469 e. The molecule has 0 bridgehead atoms. The molecule has 0 aromatic heterocycles. The van der Waals surface area contributed by atoms with Crippen LogP contribution >= 0.6 is 0 Å². The molecule has 0 fully saturated rings. The SMILES string of the molecule is COC(=O)CCCNCCCN(CCCCN(CCCNC(=O)OCc1ccccc1)C(=O)OCc1ccccc1)C(=O)OCc1ccccc1. The Morgan fingerprint density at radius 2 is 0.941 bits per heavy atom. The van der Waals surface area contributed by atoms with Gasteiger partial charge in [-0.25, -0.2) is 14.4 Å². The van der Waals surface area contributed by atoms with Gasteiger partial charge in [0.25, 0.3) is 0 Å². The number of ether oxygens (including phenoxy) is 4. The number of carbonyl (C=O) groups excluding carboxylic acids is 4. The number of carbonyl (C=O) groups is 4. The van der Waals surface area contributed by atoms with E-state index < -0.39 is 18.3 Å². The van der Waals surface area contributed by atoms with E-state index in [2.05, 4.69) is 15.4 Å². The first-order valence-corrected chi connectivity index (χ1v) is 17.6. The molecule has 12 heteroatoms. The summed E-state index contributed by atoms with van der Waals surface area (Å²) in [6.45, 7) is 3.92. The Morgan fingerprint density at radius 3 is 1.41 bits per heavy atom. The molecule has 3 aromatic rings. The monoisotopic (exact) mass is 704 g/mol. The van der Waals surface area contributed by atoms with Crippen molar-refractivity contribution in [1.82, 2.24) is 20.4 Å². The third kappa shape index (κ3) is 17.9. The Labute approximate surface area is 301 Å². The molecule has 2 N–H and O–H groups in total. The maximum Gasteiger partial charge on any atom is 0.410 e. The summed E-state index contributed by atoms with van der Waals surface area (Å²) in [5.41, 5.74) is 2.69. The van der Waals surface area contributed by atoms with Crippen LogP contribution in [0.5, 0.6) is 0 Å². The van der Waals surface area contributed by atoms with Crippen LogP contribution < -0.4 is 10.6 Å². The van der Waals surface area contributed by atoms with Gasteiger partial charge in [-0.05, 0) is 61.9 Å². The summed E-state index contributed by atoms with van der Waals surface area (Å²) in [7, 11) is 1.38. The van der Waals surface area contributed by atoms with Crippen molar-refractivity contribution in [2.45, 2.75) is 58.3 Å². The molecule has 0 unspecified atom stereocenters. The quantitative estimate of drug-likeness (QED) is 0.0663. The molecule has 51 heavy (non-hydrogen) atoms. The van der Waals surface area contributed by atoms with Gasteiger partial charge in [0.15, 0.2) is 0 Å². The van der Waals surface area contributed by atoms with Crippen LogP contribution in [0.2, 0.25) is 0 Å². The van der Waals surface area contributed by atoms with Gasteiger partial charge in [0.05, 0.1) is 7.11 Å². The van der Waals surface area contributed by atoms with Crippen LogP contribution in [-0.4, -0.2) is 87.0 Å². The van der Waals surface area contributed by atoms with Crippen molar-refractivity contribution in [2.75, 3.05) is 52.9 Å². The lowest BCUT2D eigenvalue weighted by atomic mass is 10.2. The molecule has 276 valence electrons. The Hall–Kier alpha value is -5.10. The van der Waals surface area contributed by atoms with Crippen molar-refractivity contribution >= 4 is 24.2 Å². The highest BCUT2D eigenvalue weighted by Gasteiger charge is 2.18. The van der Waals surface area contributed by atoms with E-state index >= 15 is 0 Å². The second-order valence-electron chi connectivity index (χ2n) is 11.9. The molecule has 0 radical (unpaired) electrons. The molecule has 0 aliphatic heterocycles. The summed E-state index contributed by atoms with van der Waals surface area (Å²) in [5.74, 6) is -0.233. The molecule has 3 aromatic carbocycles. The normalized spacial score (nSPS) is 10.5. The predicted molar refractivity (Wildman–Crippen MR) is 194 cm³/mol. The molecular weight excluding hydrogens is 652 g/mol. The smallest absolute Gasteiger partial charge is 0.410 e. The zero-order valence-corrected chi connectivity index (χ0v) is 29.6. The number of nitrogens with zero attached hydrogens (tertiary/aromatic N) is 2. The second kappa shape index (κ2) is 24.9. The van der Waals surface area contributed by atoms with Crippen LogP contribution in [0, 0.1) is 0 Å². The van der Waals surface area contributed by atoms with E-state index in [4.69, 9.17) is 14.2 Å². The average molecular weight is 705 g/mol. The minimum atomic E-state index is -0.521. The first kappa shape index (κ1) is 40.3. The van der Waals surface area contributed by atoms with E-state index in [0.717, 1.165) is 16.7 Å². The van der Waals surface area contributed by atoms with E-state index in [1.807, 2.05) is 91.0 Å². The Morgan fingerprint density at radius 1 is 0.529 bits per heavy atom. The van der Waals surface area contributed by atoms with Crippen molar-refractivity contribution in [3.05, 3.63) is 108 Å². The summed E-state index contributed by atoms with van der Waals surface area (Å²) in [5, 5.41) is 6.05. The molecular formula is C39H52N4O8. The van der Waals surface area contributed by atoms with Crippen LogP contribution in [0.4, 0.5) is 14.4 Å². The van der Waals surface area contributed by atoms with Crippen molar-refractivity contribution < 1.29 is 38.1 Å². The molecule has 0 saturated heterocycles. The van der Waals surface area contributed by atoms with Crippen LogP contribution in [-0.2, 0) is 43.6 Å². The third-order valence-corrected chi connectivity index (χ3v) is 7.86. The fraction of sp³-hybridized carbons (Fsp3) is 0.436. The van der Waals surface area contributed by atoms with Crippen LogP contribution in [0.3, 0.4) is 0 Å². The van der Waals surface area contributed by atoms with Gasteiger partial charge >= 0.3 is 24.2 Å². The molecule has 0 heterocycles. The van der Waals surface area contributed by atoms with E-state index in [1.165, 1.54) is 7.11 Å². The topological polar surface area (TPSA) is 136 Å². The third-order valence-electron chi connectivity index (χ3n) is 7.86. The minimum Gasteiger partial charge on any atom is -0.469 e. The number of nitrogens with one attached hydrogen (secondary N) is 2. The van der Waals surface area contributed by atoms with Crippen LogP contribution in [0.15, 0.2) is 91.0 Å². The van der Waals surface area contributed by atoms with Gasteiger partial charge < -0.3 is 39.4 Å². The molecule has 0 spiro atoms. The predicted octanol–water partition coefficient (Wildman–Crippen LogP) is 6.29. The van der Waals surface area contributed by atoms with Crippen molar-refractivity contribution in [2.24, 2.45) is 0 Å². The molecule has 3 amide bonds. The average Bonchev–Trinajstić information content (AvgIpc) is 3.17. The highest BCUT2D eigenvalue weighted by atomic mass is 16.6. The summed E-state index contributed by atoms with van der Waals surface area (Å²) >= 11 is 0. The van der Waals surface area contributed by atoms with Gasteiger partial charge in [-0.2, -0.15) is 0 Å². The standard InChI is InChI=1S/C39H52N4O8/c1-48-36(44)22-13-23-40-24-14-28-42(38(46)50-31-34-18-7-3-8-19-34)26-11-12-27-43(39(47)51-32-35-20-9-4-10-21-35)29-15-25-41-37(45)49-30-33-16-5-2-6-17-33/h2-10,16-21,40H,11-15,22-32H2,1H3,(H,41,45). The van der Waals surface area contributed by atoms with Gasteiger partial charge in [-0.3, -0.25) is 4.79 Å². The Kier molecular flexibility index (Phi) is 19.7. The van der Waals surface area contributed by atoms with Crippen molar-refractivity contribution in [1.29, 1.82) is 0 Å². The van der Waals surface area contributed by atoms with E-state index in [0.29, 0.717) is 84.3 Å². The summed E-state index contributed by atoms with van der Waals surface area (Å²) < 4.78 is 21.2. The highest BCUT2D eigenvalue weighted by molar-refractivity contribution is 5.69. The fourth-order valence-electron chi connectivity index (χ4n) is 5.03. The number of unbranched alkanes of at least 4 members (excludes halogenated alkanes) is 1. The van der Waals surface area contributed by atoms with Crippen LogP contribution in [0.1, 0.15) is 55.2 Å². The number of hydrogen-bond donors (Lipinski definition) is 2. The zero-order chi connectivity index (χ0) is 36.4.